The van der Waals surface area contributed by atoms with Gasteiger partial charge in [-0.2, -0.15) is 0 Å². The maximum atomic E-state index is 2.48. The molecule has 8 heteroatoms. The highest BCUT2D eigenvalue weighted by Gasteiger charge is 2.22. The molecule has 0 aromatic heterocycles. The zero-order valence-electron chi connectivity index (χ0n) is 8.31. The van der Waals surface area contributed by atoms with Crippen LogP contribution in [0.5, 0.6) is 0 Å². The van der Waals surface area contributed by atoms with Crippen LogP contribution < -0.4 is 15.6 Å². The molecular weight excluding hydrogens is 321 g/mol. The van der Waals surface area contributed by atoms with Crippen molar-refractivity contribution in [2.24, 2.45) is 0 Å². The van der Waals surface area contributed by atoms with Gasteiger partial charge in [0.15, 0.2) is 0 Å². The van der Waals surface area contributed by atoms with E-state index >= 15 is 0 Å². The minimum Gasteiger partial charge on any atom is -0.0803 e. The molecule has 0 unspecified atom stereocenters. The molecule has 1 aromatic carbocycles. The molecule has 0 saturated heterocycles. The molecule has 1 aromatic rings. The first-order chi connectivity index (χ1) is 7.93. The summed E-state index contributed by atoms with van der Waals surface area (Å²) < 4.78 is 0. The highest BCUT2D eigenvalue weighted by atomic mass is 29.7. The molecule has 0 bridgehead atoms. The Labute approximate surface area is 109 Å². The molecule has 0 atom stereocenters. The van der Waals surface area contributed by atoms with E-state index in [1.165, 1.54) is 49.7 Å². The van der Waals surface area contributed by atoms with Crippen molar-refractivity contribution >= 4 is 86.2 Å². The van der Waals surface area contributed by atoms with Crippen molar-refractivity contribution in [3.8, 4) is 0 Å². The number of benzene rings is 1. The summed E-state index contributed by atoms with van der Waals surface area (Å²) in [6.07, 6.45) is 2.42. The van der Waals surface area contributed by atoms with E-state index in [4.69, 9.17) is 0 Å². The van der Waals surface area contributed by atoms with Gasteiger partial charge >= 0.3 is 0 Å². The van der Waals surface area contributed by atoms with Gasteiger partial charge in [-0.05, 0) is 21.1 Å². The second-order valence-electron chi connectivity index (χ2n) is 3.81. The molecule has 4 rings (SSSR count). The first kappa shape index (κ1) is 10.6. The van der Waals surface area contributed by atoms with Gasteiger partial charge in [0.25, 0.3) is 0 Å². The van der Waals surface area contributed by atoms with E-state index in [2.05, 4.69) is 23.9 Å². The lowest BCUT2D eigenvalue weighted by Gasteiger charge is -2.23. The molecule has 0 nitrogen and oxygen atoms in total. The van der Waals surface area contributed by atoms with Crippen LogP contribution >= 0.6 is 0 Å². The zero-order chi connectivity index (χ0) is 10.5. The molecule has 0 saturated carbocycles. The molecule has 0 amide bonds. The standard InChI is InChI=1S/C8H4Si8/c1-2-6-8-7-5(1)3-4-9-15(7)13-14-16(8)12-11-10-6/h1-4H. The van der Waals surface area contributed by atoms with E-state index in [0.29, 0.717) is 0 Å². The van der Waals surface area contributed by atoms with Gasteiger partial charge in [0.1, 0.15) is 0 Å². The van der Waals surface area contributed by atoms with Gasteiger partial charge in [-0.1, -0.05) is 23.9 Å². The Hall–Kier alpha value is 0.695. The number of hydrogen-bond acceptors (Lipinski definition) is 0. The molecule has 68 valence electrons. The van der Waals surface area contributed by atoms with Crippen LogP contribution in [0, 0.1) is 0 Å². The van der Waals surface area contributed by atoms with E-state index in [0.717, 1.165) is 0 Å². The predicted molar refractivity (Wildman–Crippen MR) is 80.4 cm³/mol. The van der Waals surface area contributed by atoms with Crippen molar-refractivity contribution in [3.63, 3.8) is 0 Å². The minimum atomic E-state index is -0.0995. The highest BCUT2D eigenvalue weighted by molar-refractivity contribution is 7.54. The van der Waals surface area contributed by atoms with Crippen LogP contribution in [0.25, 0.3) is 6.08 Å². The van der Waals surface area contributed by atoms with E-state index in [9.17, 15) is 0 Å². The van der Waals surface area contributed by atoms with Crippen molar-refractivity contribution in [3.05, 3.63) is 23.4 Å². The Bertz CT molecular complexity index is 606. The molecule has 0 fully saturated rings. The summed E-state index contributed by atoms with van der Waals surface area (Å²) in [6.45, 7) is 0. The molecule has 3 aliphatic heterocycles. The zero-order valence-corrected chi connectivity index (χ0v) is 16.3. The van der Waals surface area contributed by atoms with Gasteiger partial charge in [0.2, 0.25) is 0 Å². The molecule has 6 radical (unpaired) electrons. The molecule has 0 N–H and O–H groups in total. The maximum absolute atomic E-state index is 2.48. The minimum absolute atomic E-state index is 0.0349. The van der Waals surface area contributed by atoms with Gasteiger partial charge in [-0.15, -0.1) is 0 Å². The van der Waals surface area contributed by atoms with E-state index < -0.39 is 0 Å². The van der Waals surface area contributed by atoms with Crippen LogP contribution in [0.4, 0.5) is 0 Å². The third-order valence-corrected chi connectivity index (χ3v) is 44.8. The van der Waals surface area contributed by atoms with Crippen molar-refractivity contribution < 1.29 is 0 Å². The summed E-state index contributed by atoms with van der Waals surface area (Å²) in [5.41, 5.74) is 4.11. The lowest BCUT2D eigenvalue weighted by Crippen LogP contribution is -2.62. The van der Waals surface area contributed by atoms with Crippen molar-refractivity contribution in [1.29, 1.82) is 0 Å². The fraction of sp³-hybridized carbons (Fsp3) is 0. The van der Waals surface area contributed by atoms with Gasteiger partial charge in [0.05, 0.1) is 0 Å². The summed E-state index contributed by atoms with van der Waals surface area (Å²) in [5, 5.41) is 5.74. The van der Waals surface area contributed by atoms with E-state index in [1.807, 2.05) is 15.6 Å². The van der Waals surface area contributed by atoms with Gasteiger partial charge < -0.3 is 0 Å². The fourth-order valence-electron chi connectivity index (χ4n) is 2.22. The van der Waals surface area contributed by atoms with Crippen LogP contribution in [0.2, 0.25) is 0 Å². The summed E-state index contributed by atoms with van der Waals surface area (Å²) >= 11 is 0. The van der Waals surface area contributed by atoms with Crippen LogP contribution in [-0.4, -0.2) is 64.6 Å². The normalized spacial score (nSPS) is 18.0. The summed E-state index contributed by atoms with van der Waals surface area (Å²) in [5.74, 6) is 0. The Balaban J connectivity index is 2.21. The third-order valence-electron chi connectivity index (χ3n) is 2.93. The monoisotopic (exact) mass is 324 g/mol. The highest BCUT2D eigenvalue weighted by Crippen LogP contribution is 2.00. The number of hydrogen-bond donors (Lipinski definition) is 0. The van der Waals surface area contributed by atoms with Gasteiger partial charge in [0, 0.05) is 64.6 Å². The first-order valence-electron chi connectivity index (χ1n) is 5.07. The summed E-state index contributed by atoms with van der Waals surface area (Å²) in [6, 6.07) is 4.91. The molecule has 3 heterocycles. The molecule has 3 aliphatic rings. The second-order valence-corrected chi connectivity index (χ2v) is 31.3. The fourth-order valence-corrected chi connectivity index (χ4v) is 64.4. The Morgan fingerprint density at radius 2 is 1.94 bits per heavy atom. The van der Waals surface area contributed by atoms with Gasteiger partial charge in [-0.25, -0.2) is 0 Å². The van der Waals surface area contributed by atoms with Crippen LogP contribution in [0.3, 0.4) is 0 Å². The lowest BCUT2D eigenvalue weighted by molar-refractivity contribution is 1.80. The SMILES string of the molecule is C1=Cc2ccc3c4c2[Si](=[Si]1)[Si]=[Si][Si]4=[Si][Si]=[Si]3. The lowest BCUT2D eigenvalue weighted by atomic mass is 10.2. The van der Waals surface area contributed by atoms with E-state index in [1.54, 1.807) is 5.56 Å². The van der Waals surface area contributed by atoms with Crippen LogP contribution in [0.1, 0.15) is 5.56 Å². The molecule has 0 spiro atoms. The number of rotatable bonds is 0. The van der Waals surface area contributed by atoms with Crippen molar-refractivity contribution in [2.75, 3.05) is 0 Å². The average Bonchev–Trinajstić information content (AvgIpc) is 2.36. The maximum Gasteiger partial charge on any atom is 0.0349 e. The molecular formula is C8H4Si8. The Morgan fingerprint density at radius 1 is 1.00 bits per heavy atom. The average molecular weight is 325 g/mol. The quantitative estimate of drug-likeness (QED) is 0.438. The molecule has 0 aliphatic carbocycles. The van der Waals surface area contributed by atoms with Crippen molar-refractivity contribution in [2.45, 2.75) is 0 Å². The Morgan fingerprint density at radius 3 is 2.94 bits per heavy atom. The van der Waals surface area contributed by atoms with Gasteiger partial charge in [-0.3, -0.25) is 0 Å². The van der Waals surface area contributed by atoms with Crippen LogP contribution in [-0.2, 0) is 0 Å². The molecule has 16 heavy (non-hydrogen) atoms. The largest absolute Gasteiger partial charge is 0.0803 e. The summed E-state index contributed by atoms with van der Waals surface area (Å²) in [7, 11) is 7.67. The predicted octanol–water partition coefficient (Wildman–Crippen LogP) is -3.32. The van der Waals surface area contributed by atoms with E-state index in [-0.39, 0.29) is 14.8 Å². The Kier molecular flexibility index (Phi) is 2.73. The topological polar surface area (TPSA) is 0 Å². The van der Waals surface area contributed by atoms with Crippen LogP contribution in [0.15, 0.2) is 17.8 Å². The second kappa shape index (κ2) is 4.12. The van der Waals surface area contributed by atoms with Crippen molar-refractivity contribution in [1.82, 2.24) is 0 Å². The smallest absolute Gasteiger partial charge is 0.0349 e. The summed E-state index contributed by atoms with van der Waals surface area (Å²) in [4.78, 5) is 0. The first-order valence-corrected chi connectivity index (χ1v) is 21.1. The third kappa shape index (κ3) is 1.51.